The maximum Gasteiger partial charge on any atom is 0.0452 e. The zero-order valence-corrected chi connectivity index (χ0v) is 8.99. The molecule has 1 rings (SSSR count). The predicted molar refractivity (Wildman–Crippen MR) is 43.2 cm³/mol. The van der Waals surface area contributed by atoms with Gasteiger partial charge in [0.15, 0.2) is 0 Å². The van der Waals surface area contributed by atoms with Crippen LogP contribution in [0.4, 0.5) is 0 Å². The highest BCUT2D eigenvalue weighted by Gasteiger charge is 2.39. The topological polar surface area (TPSA) is 161 Å². The fourth-order valence-electron chi connectivity index (χ4n) is 2.25. The molecule has 8 heteroatoms. The number of hydrogen-bond acceptors (Lipinski definition) is 8. The van der Waals surface area contributed by atoms with Crippen LogP contribution in [0.5, 0.6) is 0 Å². The van der Waals surface area contributed by atoms with Crippen molar-refractivity contribution in [2.24, 2.45) is 23.7 Å². The van der Waals surface area contributed by atoms with Crippen molar-refractivity contribution in [1.29, 1.82) is 0 Å². The second-order valence-electron chi connectivity index (χ2n) is 4.17. The van der Waals surface area contributed by atoms with Crippen molar-refractivity contribution in [3.63, 3.8) is 0 Å². The van der Waals surface area contributed by atoms with Gasteiger partial charge in [-0.2, -0.15) is 0 Å². The highest BCUT2D eigenvalue weighted by Crippen LogP contribution is 2.37. The van der Waals surface area contributed by atoms with Crippen LogP contribution >= 0.6 is 0 Å². The highest BCUT2D eigenvalue weighted by molar-refractivity contribution is 5.83. The van der Waals surface area contributed by atoms with Gasteiger partial charge >= 0.3 is 0 Å². The Morgan fingerprint density at radius 2 is 0.722 bits per heavy atom. The van der Waals surface area contributed by atoms with Gasteiger partial charge < -0.3 is 39.6 Å². The molecule has 0 aromatic rings. The molecule has 1 fully saturated rings. The first kappa shape index (κ1) is 13.9. The van der Waals surface area contributed by atoms with E-state index in [1.165, 1.54) is 0 Å². The maximum atomic E-state index is 10.7. The summed E-state index contributed by atoms with van der Waals surface area (Å²) in [6.07, 6.45) is -1.38. The lowest BCUT2D eigenvalue weighted by molar-refractivity contribution is -0.340. The minimum atomic E-state index is -1.76. The van der Waals surface area contributed by atoms with Gasteiger partial charge in [0.25, 0.3) is 0 Å². The minimum absolute atomic E-state index is 0.692. The van der Waals surface area contributed by atoms with Crippen LogP contribution in [0.15, 0.2) is 0 Å². The third-order valence-electron chi connectivity index (χ3n) is 3.20. The highest BCUT2D eigenvalue weighted by atomic mass is 16.4. The van der Waals surface area contributed by atoms with Crippen molar-refractivity contribution in [1.82, 2.24) is 0 Å². The van der Waals surface area contributed by atoms with Gasteiger partial charge in [-0.1, -0.05) is 0 Å². The Bertz CT molecular complexity index is 327. The first-order valence-electron chi connectivity index (χ1n) is 5.09. The Hall–Kier alpha value is -2.12. The Morgan fingerprint density at radius 1 is 0.556 bits per heavy atom. The molecule has 0 amide bonds. The van der Waals surface area contributed by atoms with E-state index in [-0.39, 0.29) is 0 Å². The van der Waals surface area contributed by atoms with Crippen molar-refractivity contribution in [3.8, 4) is 0 Å². The molecule has 1 aliphatic carbocycles. The van der Waals surface area contributed by atoms with Crippen LogP contribution in [0.25, 0.3) is 0 Å². The van der Waals surface area contributed by atoms with E-state index in [0.29, 0.717) is 0 Å². The second kappa shape index (κ2) is 5.03. The molecule has 8 nitrogen and oxygen atoms in total. The van der Waals surface area contributed by atoms with Crippen molar-refractivity contribution >= 4 is 23.9 Å². The van der Waals surface area contributed by atoms with Crippen LogP contribution in [-0.4, -0.2) is 23.9 Å². The van der Waals surface area contributed by atoms with Crippen molar-refractivity contribution < 1.29 is 39.6 Å². The molecule has 0 bridgehead atoms. The summed E-state index contributed by atoms with van der Waals surface area (Å²) in [5, 5.41) is 42.9. The molecule has 0 saturated heterocycles. The molecular formula is C10H8O8-4. The number of aliphatic carboxylic acids is 4. The van der Waals surface area contributed by atoms with Gasteiger partial charge in [0, 0.05) is 47.5 Å². The molecule has 0 spiro atoms. The molecule has 0 radical (unpaired) electrons. The lowest BCUT2D eigenvalue weighted by atomic mass is 9.68. The van der Waals surface area contributed by atoms with Crippen LogP contribution in [0.2, 0.25) is 0 Å². The lowest BCUT2D eigenvalue weighted by Crippen LogP contribution is -2.55. The Labute approximate surface area is 101 Å². The van der Waals surface area contributed by atoms with Gasteiger partial charge in [-0.3, -0.25) is 0 Å². The van der Waals surface area contributed by atoms with E-state index >= 15 is 0 Å². The average Bonchev–Trinajstić information content (AvgIpc) is 2.26. The summed E-state index contributed by atoms with van der Waals surface area (Å²) in [4.78, 5) is 42.9. The van der Waals surface area contributed by atoms with Crippen LogP contribution in [0, 0.1) is 23.7 Å². The van der Waals surface area contributed by atoms with E-state index in [2.05, 4.69) is 0 Å². The monoisotopic (exact) mass is 256 g/mol. The molecule has 4 atom stereocenters. The quantitative estimate of drug-likeness (QED) is 0.480. The van der Waals surface area contributed by atoms with Crippen LogP contribution in [0.3, 0.4) is 0 Å². The van der Waals surface area contributed by atoms with Crippen LogP contribution in [0.1, 0.15) is 12.8 Å². The van der Waals surface area contributed by atoms with E-state index in [9.17, 15) is 39.6 Å². The Kier molecular flexibility index (Phi) is 3.89. The predicted octanol–water partition coefficient (Wildman–Crippen LogP) is -5.76. The zero-order chi connectivity index (χ0) is 14.0. The van der Waals surface area contributed by atoms with Gasteiger partial charge in [0.2, 0.25) is 0 Å². The number of rotatable bonds is 4. The SMILES string of the molecule is O=C([O-])C1CC(C(=O)[O-])C(C(=O)[O-])CC1C(=O)[O-]. The summed E-state index contributed by atoms with van der Waals surface area (Å²) >= 11 is 0. The number of hydrogen-bond donors (Lipinski definition) is 0. The fourth-order valence-corrected chi connectivity index (χ4v) is 2.25. The maximum absolute atomic E-state index is 10.7. The zero-order valence-electron chi connectivity index (χ0n) is 8.99. The average molecular weight is 256 g/mol. The number of carboxylic acids is 4. The molecular weight excluding hydrogens is 248 g/mol. The molecule has 0 aromatic heterocycles. The first-order chi connectivity index (χ1) is 8.25. The summed E-state index contributed by atoms with van der Waals surface area (Å²) in [6, 6.07) is 0. The Morgan fingerprint density at radius 3 is 0.833 bits per heavy atom. The number of carbonyl (C=O) groups is 4. The van der Waals surface area contributed by atoms with Crippen molar-refractivity contribution in [3.05, 3.63) is 0 Å². The Balaban J connectivity index is 3.06. The molecule has 4 unspecified atom stereocenters. The summed E-state index contributed by atoms with van der Waals surface area (Å²) in [5.74, 6) is -13.5. The molecule has 1 aliphatic rings. The van der Waals surface area contributed by atoms with Gasteiger partial charge in [0.05, 0.1) is 0 Å². The van der Waals surface area contributed by atoms with E-state index in [4.69, 9.17) is 0 Å². The molecule has 0 aromatic carbocycles. The van der Waals surface area contributed by atoms with Crippen LogP contribution in [-0.2, 0) is 19.2 Å². The van der Waals surface area contributed by atoms with E-state index in [0.717, 1.165) is 0 Å². The fraction of sp³-hybridized carbons (Fsp3) is 0.600. The smallest absolute Gasteiger partial charge is 0.0452 e. The van der Waals surface area contributed by atoms with E-state index in [1.54, 1.807) is 0 Å². The largest absolute Gasteiger partial charge is 0.550 e. The summed E-state index contributed by atoms with van der Waals surface area (Å²) < 4.78 is 0. The first-order valence-corrected chi connectivity index (χ1v) is 5.09. The van der Waals surface area contributed by atoms with Crippen molar-refractivity contribution in [2.45, 2.75) is 12.8 Å². The van der Waals surface area contributed by atoms with Gasteiger partial charge in [-0.25, -0.2) is 0 Å². The van der Waals surface area contributed by atoms with E-state index < -0.39 is 60.4 Å². The third kappa shape index (κ3) is 2.58. The number of carbonyl (C=O) groups excluding carboxylic acids is 4. The van der Waals surface area contributed by atoms with Gasteiger partial charge in [-0.05, 0) is 12.8 Å². The summed E-state index contributed by atoms with van der Waals surface area (Å²) in [5.41, 5.74) is 0. The van der Waals surface area contributed by atoms with Crippen LogP contribution < -0.4 is 20.4 Å². The lowest BCUT2D eigenvalue weighted by Gasteiger charge is -2.43. The molecule has 0 heterocycles. The molecule has 0 N–H and O–H groups in total. The second-order valence-corrected chi connectivity index (χ2v) is 4.17. The minimum Gasteiger partial charge on any atom is -0.550 e. The molecule has 100 valence electrons. The summed E-state index contributed by atoms with van der Waals surface area (Å²) in [7, 11) is 0. The summed E-state index contributed by atoms with van der Waals surface area (Å²) in [6.45, 7) is 0. The van der Waals surface area contributed by atoms with Gasteiger partial charge in [0.1, 0.15) is 0 Å². The number of carboxylic acid groups (broad SMARTS) is 4. The normalized spacial score (nSPS) is 31.6. The molecule has 1 saturated carbocycles. The van der Waals surface area contributed by atoms with Gasteiger partial charge in [-0.15, -0.1) is 0 Å². The third-order valence-corrected chi connectivity index (χ3v) is 3.20. The van der Waals surface area contributed by atoms with E-state index in [1.807, 2.05) is 0 Å². The molecule has 18 heavy (non-hydrogen) atoms. The van der Waals surface area contributed by atoms with Crippen molar-refractivity contribution in [2.75, 3.05) is 0 Å². The standard InChI is InChI=1S/C10H12O8/c11-7(12)3-1-4(8(13)14)6(10(17)18)2-5(3)9(15)16/h3-6H,1-2H2,(H,11,12)(H,13,14)(H,15,16)(H,17,18)/p-4. The molecule has 0 aliphatic heterocycles.